The zero-order valence-electron chi connectivity index (χ0n) is 11.9. The van der Waals surface area contributed by atoms with Crippen LogP contribution in [-0.2, 0) is 19.4 Å². The fourth-order valence-corrected chi connectivity index (χ4v) is 2.63. The molecule has 1 aromatic heterocycles. The van der Waals surface area contributed by atoms with Gasteiger partial charge in [0.05, 0.1) is 5.69 Å². The monoisotopic (exact) mass is 268 g/mol. The Morgan fingerprint density at radius 1 is 1.15 bits per heavy atom. The Hall–Kier alpha value is -2.03. The molecule has 0 saturated carbocycles. The van der Waals surface area contributed by atoms with Gasteiger partial charge in [-0.2, -0.15) is 0 Å². The van der Waals surface area contributed by atoms with E-state index in [9.17, 15) is 0 Å². The van der Waals surface area contributed by atoms with Gasteiger partial charge in [0, 0.05) is 6.54 Å². The van der Waals surface area contributed by atoms with Crippen molar-refractivity contribution in [3.05, 3.63) is 53.2 Å². The quantitative estimate of drug-likeness (QED) is 0.900. The smallest absolute Gasteiger partial charge is 0.130 e. The van der Waals surface area contributed by atoms with Crippen molar-refractivity contribution in [2.24, 2.45) is 0 Å². The minimum absolute atomic E-state index is 0.512. The number of fused-ring (bicyclic) bond motifs is 1. The average Bonchev–Trinajstić information content (AvgIpc) is 2.93. The number of aryl methyl sites for hydroxylation is 2. The summed E-state index contributed by atoms with van der Waals surface area (Å²) in [6.07, 6.45) is 3.66. The number of hydrogen-bond donors (Lipinski definition) is 1. The highest BCUT2D eigenvalue weighted by Gasteiger charge is 2.11. The highest BCUT2D eigenvalue weighted by atomic mass is 16.5. The van der Waals surface area contributed by atoms with Gasteiger partial charge < -0.3 is 10.1 Å². The standard InChI is InChI=1S/C17H20N2O/c1-2-18-17-8-4-7-15(19-17)12-20-16-10-9-13-5-3-6-14(13)11-16/h4,7-11H,2-3,5-6,12H2,1H3,(H,18,19). The fraction of sp³-hybridized carbons (Fsp3) is 0.353. The van der Waals surface area contributed by atoms with Gasteiger partial charge in [0.15, 0.2) is 0 Å². The van der Waals surface area contributed by atoms with E-state index in [1.807, 2.05) is 18.2 Å². The van der Waals surface area contributed by atoms with Gasteiger partial charge in [-0.15, -0.1) is 0 Å². The number of rotatable bonds is 5. The largest absolute Gasteiger partial charge is 0.487 e. The normalized spacial score (nSPS) is 13.1. The Morgan fingerprint density at radius 3 is 2.95 bits per heavy atom. The Balaban J connectivity index is 1.65. The van der Waals surface area contributed by atoms with Gasteiger partial charge in [-0.05, 0) is 61.6 Å². The molecule has 0 aliphatic heterocycles. The summed E-state index contributed by atoms with van der Waals surface area (Å²) in [5, 5.41) is 3.21. The maximum absolute atomic E-state index is 5.86. The van der Waals surface area contributed by atoms with E-state index in [0.717, 1.165) is 23.8 Å². The molecule has 0 spiro atoms. The molecule has 1 heterocycles. The second-order valence-corrected chi connectivity index (χ2v) is 5.12. The molecular weight excluding hydrogens is 248 g/mol. The molecule has 20 heavy (non-hydrogen) atoms. The topological polar surface area (TPSA) is 34.1 Å². The van der Waals surface area contributed by atoms with Crippen LogP contribution >= 0.6 is 0 Å². The van der Waals surface area contributed by atoms with Crippen LogP contribution in [0.15, 0.2) is 36.4 Å². The lowest BCUT2D eigenvalue weighted by Crippen LogP contribution is -2.03. The van der Waals surface area contributed by atoms with Gasteiger partial charge >= 0.3 is 0 Å². The summed E-state index contributed by atoms with van der Waals surface area (Å²) in [6.45, 7) is 3.45. The van der Waals surface area contributed by atoms with E-state index in [1.165, 1.54) is 30.4 Å². The third-order valence-corrected chi connectivity index (χ3v) is 3.62. The van der Waals surface area contributed by atoms with Crippen molar-refractivity contribution in [3.8, 4) is 5.75 Å². The molecule has 3 rings (SSSR count). The molecule has 3 heteroatoms. The van der Waals surface area contributed by atoms with Crippen LogP contribution in [-0.4, -0.2) is 11.5 Å². The van der Waals surface area contributed by atoms with Crippen molar-refractivity contribution >= 4 is 5.82 Å². The number of ether oxygens (including phenoxy) is 1. The molecule has 104 valence electrons. The van der Waals surface area contributed by atoms with Crippen LogP contribution in [0, 0.1) is 0 Å². The predicted molar refractivity (Wildman–Crippen MR) is 81.2 cm³/mol. The van der Waals surface area contributed by atoms with Crippen molar-refractivity contribution in [2.75, 3.05) is 11.9 Å². The summed E-state index contributed by atoms with van der Waals surface area (Å²) in [5.74, 6) is 1.85. The molecule has 0 unspecified atom stereocenters. The van der Waals surface area contributed by atoms with E-state index in [4.69, 9.17) is 4.74 Å². The molecule has 1 N–H and O–H groups in total. The number of nitrogens with zero attached hydrogens (tertiary/aromatic N) is 1. The highest BCUT2D eigenvalue weighted by Crippen LogP contribution is 2.26. The van der Waals surface area contributed by atoms with E-state index < -0.39 is 0 Å². The number of anilines is 1. The molecule has 0 fully saturated rings. The van der Waals surface area contributed by atoms with Gasteiger partial charge in [0.2, 0.25) is 0 Å². The van der Waals surface area contributed by atoms with Crippen molar-refractivity contribution in [2.45, 2.75) is 32.8 Å². The van der Waals surface area contributed by atoms with Crippen LogP contribution in [0.25, 0.3) is 0 Å². The molecule has 2 aromatic rings. The van der Waals surface area contributed by atoms with Gasteiger partial charge in [0.25, 0.3) is 0 Å². The van der Waals surface area contributed by atoms with E-state index >= 15 is 0 Å². The summed E-state index contributed by atoms with van der Waals surface area (Å²) in [7, 11) is 0. The summed E-state index contributed by atoms with van der Waals surface area (Å²) in [5.41, 5.74) is 3.87. The van der Waals surface area contributed by atoms with Crippen LogP contribution in [0.4, 0.5) is 5.82 Å². The SMILES string of the molecule is CCNc1cccc(COc2ccc3c(c2)CCC3)n1. The predicted octanol–water partition coefficient (Wildman–Crippen LogP) is 3.58. The van der Waals surface area contributed by atoms with Gasteiger partial charge in [0.1, 0.15) is 18.2 Å². The number of hydrogen-bond acceptors (Lipinski definition) is 3. The van der Waals surface area contributed by atoms with Gasteiger partial charge in [-0.25, -0.2) is 4.98 Å². The van der Waals surface area contributed by atoms with Gasteiger partial charge in [-0.3, -0.25) is 0 Å². The van der Waals surface area contributed by atoms with Crippen molar-refractivity contribution in [1.82, 2.24) is 4.98 Å². The highest BCUT2D eigenvalue weighted by molar-refractivity contribution is 5.38. The third kappa shape index (κ3) is 2.93. The molecule has 1 aliphatic rings. The number of pyridine rings is 1. The first kappa shape index (κ1) is 13.0. The Bertz CT molecular complexity index is 595. The summed E-state index contributed by atoms with van der Waals surface area (Å²) >= 11 is 0. The molecule has 3 nitrogen and oxygen atoms in total. The second-order valence-electron chi connectivity index (χ2n) is 5.12. The molecule has 0 atom stereocenters. The second kappa shape index (κ2) is 5.95. The first-order chi connectivity index (χ1) is 9.85. The third-order valence-electron chi connectivity index (χ3n) is 3.62. The van der Waals surface area contributed by atoms with Crippen LogP contribution in [0.3, 0.4) is 0 Å². The number of nitrogens with one attached hydrogen (secondary N) is 1. The van der Waals surface area contributed by atoms with Crippen LogP contribution in [0.2, 0.25) is 0 Å². The minimum Gasteiger partial charge on any atom is -0.487 e. The van der Waals surface area contributed by atoms with Crippen molar-refractivity contribution in [3.63, 3.8) is 0 Å². The van der Waals surface area contributed by atoms with E-state index in [2.05, 4.69) is 35.4 Å². The lowest BCUT2D eigenvalue weighted by Gasteiger charge is -2.09. The van der Waals surface area contributed by atoms with Crippen molar-refractivity contribution < 1.29 is 4.74 Å². The summed E-state index contributed by atoms with van der Waals surface area (Å²) in [6, 6.07) is 12.4. The molecule has 0 amide bonds. The summed E-state index contributed by atoms with van der Waals surface area (Å²) in [4.78, 5) is 4.51. The lowest BCUT2D eigenvalue weighted by atomic mass is 10.1. The van der Waals surface area contributed by atoms with Crippen LogP contribution in [0.5, 0.6) is 5.75 Å². The minimum atomic E-state index is 0.512. The molecule has 1 aromatic carbocycles. The maximum atomic E-state index is 5.86. The van der Waals surface area contributed by atoms with Crippen molar-refractivity contribution in [1.29, 1.82) is 0 Å². The summed E-state index contributed by atoms with van der Waals surface area (Å²) < 4.78 is 5.86. The number of aromatic nitrogens is 1. The van der Waals surface area contributed by atoms with Crippen LogP contribution < -0.4 is 10.1 Å². The molecule has 1 aliphatic carbocycles. The maximum Gasteiger partial charge on any atom is 0.130 e. The molecule has 0 saturated heterocycles. The zero-order chi connectivity index (χ0) is 13.8. The zero-order valence-corrected chi connectivity index (χ0v) is 11.9. The lowest BCUT2D eigenvalue weighted by molar-refractivity contribution is 0.301. The first-order valence-electron chi connectivity index (χ1n) is 7.29. The molecule has 0 bridgehead atoms. The Morgan fingerprint density at radius 2 is 2.05 bits per heavy atom. The van der Waals surface area contributed by atoms with Gasteiger partial charge in [-0.1, -0.05) is 12.1 Å². The average molecular weight is 268 g/mol. The Labute approximate surface area is 120 Å². The first-order valence-corrected chi connectivity index (χ1v) is 7.29. The number of benzene rings is 1. The molecule has 0 radical (unpaired) electrons. The fourth-order valence-electron chi connectivity index (χ4n) is 2.63. The van der Waals surface area contributed by atoms with Crippen LogP contribution in [0.1, 0.15) is 30.2 Å². The van der Waals surface area contributed by atoms with E-state index in [1.54, 1.807) is 0 Å². The molecular formula is C17H20N2O. The van der Waals surface area contributed by atoms with E-state index in [0.29, 0.717) is 6.61 Å². The Kier molecular flexibility index (Phi) is 3.86. The van der Waals surface area contributed by atoms with E-state index in [-0.39, 0.29) is 0 Å².